The average Bonchev–Trinajstić information content (AvgIpc) is 2.68. The number of furan rings is 1. The molecular weight excluding hydrogens is 212 g/mol. The summed E-state index contributed by atoms with van der Waals surface area (Å²) in [5.41, 5.74) is 5.79. The second kappa shape index (κ2) is 6.82. The van der Waals surface area contributed by atoms with Gasteiger partial charge in [0.25, 0.3) is 0 Å². The van der Waals surface area contributed by atoms with Crippen LogP contribution in [0.3, 0.4) is 0 Å². The van der Waals surface area contributed by atoms with E-state index >= 15 is 0 Å². The molecule has 0 aliphatic carbocycles. The Morgan fingerprint density at radius 1 is 1.35 bits per heavy atom. The first-order chi connectivity index (χ1) is 8.02. The van der Waals surface area contributed by atoms with Crippen molar-refractivity contribution in [3.05, 3.63) is 23.7 Å². The van der Waals surface area contributed by atoms with Gasteiger partial charge in [0, 0.05) is 19.5 Å². The van der Waals surface area contributed by atoms with Gasteiger partial charge in [-0.3, -0.25) is 0 Å². The Hall–Kier alpha value is -0.800. The van der Waals surface area contributed by atoms with E-state index in [1.807, 2.05) is 13.0 Å². The fourth-order valence-electron chi connectivity index (χ4n) is 1.97. The van der Waals surface area contributed by atoms with Crippen molar-refractivity contribution >= 4 is 0 Å². The molecule has 3 heteroatoms. The maximum atomic E-state index is 5.79. The van der Waals surface area contributed by atoms with Crippen molar-refractivity contribution in [2.24, 2.45) is 17.6 Å². The van der Waals surface area contributed by atoms with Crippen molar-refractivity contribution in [3.63, 3.8) is 0 Å². The molecule has 98 valence electrons. The number of likely N-dealkylation sites (N-methyl/N-ethyl adjacent to an activating group) is 1. The molecule has 0 amide bonds. The lowest BCUT2D eigenvalue weighted by Crippen LogP contribution is -2.34. The molecule has 1 heterocycles. The summed E-state index contributed by atoms with van der Waals surface area (Å²) in [7, 11) is 2.15. The minimum atomic E-state index is 0.582. The normalized spacial score (nSPS) is 13.6. The Balaban J connectivity index is 2.31. The largest absolute Gasteiger partial charge is 0.466 e. The fraction of sp³-hybridized carbons (Fsp3) is 0.714. The van der Waals surface area contributed by atoms with Gasteiger partial charge in [0.1, 0.15) is 11.5 Å². The SMILES string of the molecule is Cc1ccc(CCN(C)CC(CN)C(C)C)o1. The number of hydrogen-bond donors (Lipinski definition) is 1. The van der Waals surface area contributed by atoms with Gasteiger partial charge >= 0.3 is 0 Å². The Kier molecular flexibility index (Phi) is 5.72. The van der Waals surface area contributed by atoms with E-state index < -0.39 is 0 Å². The summed E-state index contributed by atoms with van der Waals surface area (Å²) in [5.74, 6) is 3.29. The van der Waals surface area contributed by atoms with E-state index in [0.717, 1.165) is 37.6 Å². The lowest BCUT2D eigenvalue weighted by atomic mass is 9.95. The van der Waals surface area contributed by atoms with Crippen LogP contribution in [0.2, 0.25) is 0 Å². The van der Waals surface area contributed by atoms with Crippen LogP contribution in [0.4, 0.5) is 0 Å². The minimum Gasteiger partial charge on any atom is -0.466 e. The molecule has 3 nitrogen and oxygen atoms in total. The highest BCUT2D eigenvalue weighted by Gasteiger charge is 2.14. The van der Waals surface area contributed by atoms with Crippen LogP contribution in [0.5, 0.6) is 0 Å². The molecule has 0 radical (unpaired) electrons. The monoisotopic (exact) mass is 238 g/mol. The van der Waals surface area contributed by atoms with Gasteiger partial charge in [-0.15, -0.1) is 0 Å². The van der Waals surface area contributed by atoms with Gasteiger partial charge in [-0.2, -0.15) is 0 Å². The topological polar surface area (TPSA) is 42.4 Å². The second-order valence-electron chi connectivity index (χ2n) is 5.26. The molecule has 0 aliphatic rings. The molecule has 2 N–H and O–H groups in total. The number of nitrogens with two attached hydrogens (primary N) is 1. The van der Waals surface area contributed by atoms with Crippen molar-refractivity contribution in [3.8, 4) is 0 Å². The van der Waals surface area contributed by atoms with Crippen molar-refractivity contribution in [2.75, 3.05) is 26.7 Å². The van der Waals surface area contributed by atoms with Gasteiger partial charge in [-0.1, -0.05) is 13.8 Å². The second-order valence-corrected chi connectivity index (χ2v) is 5.26. The third-order valence-corrected chi connectivity index (χ3v) is 3.33. The van der Waals surface area contributed by atoms with Crippen molar-refractivity contribution in [1.29, 1.82) is 0 Å². The quantitative estimate of drug-likeness (QED) is 0.792. The Morgan fingerprint density at radius 3 is 2.53 bits per heavy atom. The average molecular weight is 238 g/mol. The van der Waals surface area contributed by atoms with E-state index in [1.165, 1.54) is 0 Å². The van der Waals surface area contributed by atoms with Crippen LogP contribution in [0, 0.1) is 18.8 Å². The highest BCUT2D eigenvalue weighted by molar-refractivity contribution is 5.05. The molecule has 1 unspecified atom stereocenters. The Morgan fingerprint density at radius 2 is 2.06 bits per heavy atom. The van der Waals surface area contributed by atoms with Gasteiger partial charge in [0.15, 0.2) is 0 Å². The van der Waals surface area contributed by atoms with Gasteiger partial charge in [0.2, 0.25) is 0 Å². The van der Waals surface area contributed by atoms with E-state index in [1.54, 1.807) is 0 Å². The molecule has 1 aromatic heterocycles. The summed E-state index contributed by atoms with van der Waals surface area (Å²) >= 11 is 0. The lowest BCUT2D eigenvalue weighted by Gasteiger charge is -2.25. The van der Waals surface area contributed by atoms with E-state index in [4.69, 9.17) is 10.2 Å². The highest BCUT2D eigenvalue weighted by atomic mass is 16.3. The predicted molar refractivity (Wildman–Crippen MR) is 72.0 cm³/mol. The predicted octanol–water partition coefficient (Wildman–Crippen LogP) is 2.29. The number of nitrogens with zero attached hydrogens (tertiary/aromatic N) is 1. The summed E-state index contributed by atoms with van der Waals surface area (Å²) in [6.07, 6.45) is 0.972. The zero-order chi connectivity index (χ0) is 12.8. The molecule has 0 spiro atoms. The molecule has 17 heavy (non-hydrogen) atoms. The lowest BCUT2D eigenvalue weighted by molar-refractivity contribution is 0.238. The van der Waals surface area contributed by atoms with Crippen LogP contribution in [-0.2, 0) is 6.42 Å². The van der Waals surface area contributed by atoms with Crippen molar-refractivity contribution in [2.45, 2.75) is 27.2 Å². The maximum absolute atomic E-state index is 5.79. The van der Waals surface area contributed by atoms with Crippen LogP contribution in [0.15, 0.2) is 16.5 Å². The molecule has 0 aliphatic heterocycles. The molecule has 0 saturated carbocycles. The summed E-state index contributed by atoms with van der Waals surface area (Å²) < 4.78 is 5.56. The molecule has 0 fully saturated rings. The molecule has 1 rings (SSSR count). The summed E-state index contributed by atoms with van der Waals surface area (Å²) in [5, 5.41) is 0. The van der Waals surface area contributed by atoms with Crippen LogP contribution in [0.25, 0.3) is 0 Å². The number of aryl methyl sites for hydroxylation is 1. The van der Waals surface area contributed by atoms with Gasteiger partial charge in [-0.05, 0) is 44.5 Å². The zero-order valence-corrected chi connectivity index (χ0v) is 11.6. The molecule has 0 saturated heterocycles. The Bertz CT molecular complexity index is 320. The van der Waals surface area contributed by atoms with Gasteiger partial charge < -0.3 is 15.1 Å². The number of rotatable bonds is 7. The zero-order valence-electron chi connectivity index (χ0n) is 11.6. The molecule has 1 aromatic rings. The highest BCUT2D eigenvalue weighted by Crippen LogP contribution is 2.12. The first-order valence-corrected chi connectivity index (χ1v) is 6.46. The molecule has 0 aromatic carbocycles. The first-order valence-electron chi connectivity index (χ1n) is 6.46. The summed E-state index contributed by atoms with van der Waals surface area (Å²) in [6, 6.07) is 4.08. The third-order valence-electron chi connectivity index (χ3n) is 3.33. The third kappa shape index (κ3) is 4.92. The van der Waals surface area contributed by atoms with Crippen LogP contribution in [-0.4, -0.2) is 31.6 Å². The number of hydrogen-bond acceptors (Lipinski definition) is 3. The molecular formula is C14H26N2O. The Labute approximate surface area is 105 Å². The van der Waals surface area contributed by atoms with Crippen LogP contribution < -0.4 is 5.73 Å². The standard InChI is InChI=1S/C14H26N2O/c1-11(2)13(9-15)10-16(4)8-7-14-6-5-12(3)17-14/h5-6,11,13H,7-10,15H2,1-4H3. The van der Waals surface area contributed by atoms with Crippen molar-refractivity contribution < 1.29 is 4.42 Å². The summed E-state index contributed by atoms with van der Waals surface area (Å²) in [4.78, 5) is 2.34. The summed E-state index contributed by atoms with van der Waals surface area (Å²) in [6.45, 7) is 9.31. The van der Waals surface area contributed by atoms with Crippen LogP contribution in [0.1, 0.15) is 25.4 Å². The van der Waals surface area contributed by atoms with E-state index in [0.29, 0.717) is 11.8 Å². The van der Waals surface area contributed by atoms with E-state index in [-0.39, 0.29) is 0 Å². The first kappa shape index (κ1) is 14.3. The smallest absolute Gasteiger partial charge is 0.105 e. The maximum Gasteiger partial charge on any atom is 0.105 e. The van der Waals surface area contributed by atoms with Crippen molar-refractivity contribution in [1.82, 2.24) is 4.90 Å². The molecule has 1 atom stereocenters. The van der Waals surface area contributed by atoms with Gasteiger partial charge in [-0.25, -0.2) is 0 Å². The minimum absolute atomic E-state index is 0.582. The van der Waals surface area contributed by atoms with Crippen LogP contribution >= 0.6 is 0 Å². The fourth-order valence-corrected chi connectivity index (χ4v) is 1.97. The van der Waals surface area contributed by atoms with Gasteiger partial charge in [0.05, 0.1) is 0 Å². The molecule has 0 bridgehead atoms. The van der Waals surface area contributed by atoms with E-state index in [9.17, 15) is 0 Å². The van der Waals surface area contributed by atoms with E-state index in [2.05, 4.69) is 31.9 Å².